The zero-order valence-corrected chi connectivity index (χ0v) is 9.11. The first-order valence-corrected chi connectivity index (χ1v) is 5.83. The van der Waals surface area contributed by atoms with Crippen molar-refractivity contribution in [2.75, 3.05) is 0 Å². The van der Waals surface area contributed by atoms with Gasteiger partial charge in [0.1, 0.15) is 5.92 Å². The van der Waals surface area contributed by atoms with Crippen molar-refractivity contribution in [2.45, 2.75) is 6.92 Å². The van der Waals surface area contributed by atoms with E-state index in [1.165, 1.54) is 11.3 Å². The minimum absolute atomic E-state index is 0.0686. The number of hydrogen-bond donors (Lipinski definition) is 0. The molecular formula is C10H7NOS2. The van der Waals surface area contributed by atoms with E-state index in [2.05, 4.69) is 0 Å². The molecule has 0 N–H and O–H groups in total. The van der Waals surface area contributed by atoms with Gasteiger partial charge in [-0.05, 0) is 24.4 Å². The number of nitrogens with zero attached hydrogens (tertiary/aromatic N) is 1. The molecule has 2 rings (SSSR count). The molecule has 0 aromatic carbocycles. The lowest BCUT2D eigenvalue weighted by molar-refractivity contribution is 0.0960. The summed E-state index contributed by atoms with van der Waals surface area (Å²) in [4.78, 5) is 12.3. The molecule has 0 amide bonds. The third-order valence-electron chi connectivity index (χ3n) is 1.97. The van der Waals surface area contributed by atoms with Gasteiger partial charge in [0.25, 0.3) is 0 Å². The molecule has 0 aliphatic rings. The van der Waals surface area contributed by atoms with Crippen LogP contribution >= 0.6 is 22.7 Å². The molecule has 0 aliphatic carbocycles. The van der Waals surface area contributed by atoms with Crippen LogP contribution in [0.2, 0.25) is 0 Å². The van der Waals surface area contributed by atoms with Crippen LogP contribution in [0, 0.1) is 17.2 Å². The first-order chi connectivity index (χ1) is 6.72. The molecule has 2 aromatic heterocycles. The fourth-order valence-corrected chi connectivity index (χ4v) is 3.30. The van der Waals surface area contributed by atoms with Crippen molar-refractivity contribution < 1.29 is 4.79 Å². The largest absolute Gasteiger partial charge is 0.292 e. The second-order valence-electron chi connectivity index (χ2n) is 2.97. The van der Waals surface area contributed by atoms with E-state index < -0.39 is 5.92 Å². The molecule has 0 radical (unpaired) electrons. The maximum Gasteiger partial charge on any atom is 0.189 e. The Bertz CT molecular complexity index is 489. The summed E-state index contributed by atoms with van der Waals surface area (Å²) in [7, 11) is 0. The Morgan fingerprint density at radius 1 is 1.57 bits per heavy atom. The van der Waals surface area contributed by atoms with E-state index in [1.807, 2.05) is 23.6 Å². The van der Waals surface area contributed by atoms with Gasteiger partial charge < -0.3 is 0 Å². The van der Waals surface area contributed by atoms with Gasteiger partial charge in [-0.25, -0.2) is 0 Å². The van der Waals surface area contributed by atoms with Crippen LogP contribution in [-0.4, -0.2) is 5.78 Å². The molecule has 0 fully saturated rings. The van der Waals surface area contributed by atoms with Crippen LogP contribution in [-0.2, 0) is 0 Å². The van der Waals surface area contributed by atoms with Crippen molar-refractivity contribution in [2.24, 2.45) is 5.92 Å². The maximum atomic E-state index is 11.6. The Morgan fingerprint density at radius 3 is 3.00 bits per heavy atom. The van der Waals surface area contributed by atoms with Crippen molar-refractivity contribution in [3.8, 4) is 6.07 Å². The van der Waals surface area contributed by atoms with E-state index >= 15 is 0 Å². The number of Topliss-reactive ketones (excluding diaryl/α,β-unsaturated/α-hetero) is 1. The predicted octanol–water partition coefficient (Wildman–Crippen LogP) is 3.31. The first kappa shape index (κ1) is 9.38. The summed E-state index contributed by atoms with van der Waals surface area (Å²) in [6.07, 6.45) is 0. The van der Waals surface area contributed by atoms with Gasteiger partial charge in [-0.15, -0.1) is 22.7 Å². The van der Waals surface area contributed by atoms with E-state index in [0.29, 0.717) is 4.88 Å². The van der Waals surface area contributed by atoms with Crippen LogP contribution in [0.3, 0.4) is 0 Å². The van der Waals surface area contributed by atoms with Gasteiger partial charge in [0.2, 0.25) is 0 Å². The van der Waals surface area contributed by atoms with Crippen molar-refractivity contribution in [3.05, 3.63) is 22.4 Å². The fraction of sp³-hybridized carbons (Fsp3) is 0.200. The van der Waals surface area contributed by atoms with Gasteiger partial charge in [-0.1, -0.05) is 0 Å². The van der Waals surface area contributed by atoms with Gasteiger partial charge in [0.15, 0.2) is 5.78 Å². The van der Waals surface area contributed by atoms with E-state index in [-0.39, 0.29) is 5.78 Å². The summed E-state index contributed by atoms with van der Waals surface area (Å²) in [5.74, 6) is -0.608. The normalized spacial score (nSPS) is 12.6. The van der Waals surface area contributed by atoms with Crippen molar-refractivity contribution >= 4 is 37.9 Å². The molecule has 0 saturated heterocycles. The van der Waals surface area contributed by atoms with Crippen LogP contribution < -0.4 is 0 Å². The third-order valence-corrected chi connectivity index (χ3v) is 4.08. The predicted molar refractivity (Wildman–Crippen MR) is 58.8 cm³/mol. The molecule has 0 aliphatic heterocycles. The lowest BCUT2D eigenvalue weighted by Crippen LogP contribution is -2.06. The number of nitriles is 1. The smallest absolute Gasteiger partial charge is 0.189 e. The number of thiophene rings is 2. The maximum absolute atomic E-state index is 11.6. The van der Waals surface area contributed by atoms with Crippen LogP contribution in [0.1, 0.15) is 16.6 Å². The van der Waals surface area contributed by atoms with Crippen LogP contribution in [0.25, 0.3) is 9.40 Å². The number of ketones is 1. The number of rotatable bonds is 2. The van der Waals surface area contributed by atoms with E-state index in [0.717, 1.165) is 9.40 Å². The van der Waals surface area contributed by atoms with Crippen molar-refractivity contribution in [3.63, 3.8) is 0 Å². The van der Waals surface area contributed by atoms with Crippen LogP contribution in [0.15, 0.2) is 17.5 Å². The van der Waals surface area contributed by atoms with Crippen molar-refractivity contribution in [1.29, 1.82) is 5.26 Å². The molecule has 2 nitrogen and oxygen atoms in total. The third kappa shape index (κ3) is 1.45. The van der Waals surface area contributed by atoms with Crippen LogP contribution in [0.5, 0.6) is 0 Å². The summed E-state index contributed by atoms with van der Waals surface area (Å²) >= 11 is 3.09. The SMILES string of the molecule is CC(C#N)C(=O)c1cc2sccc2s1. The Hall–Kier alpha value is -1.18. The zero-order valence-electron chi connectivity index (χ0n) is 7.48. The number of carbonyl (C=O) groups is 1. The Kier molecular flexibility index (Phi) is 2.36. The molecule has 2 heterocycles. The highest BCUT2D eigenvalue weighted by atomic mass is 32.1. The summed E-state index contributed by atoms with van der Waals surface area (Å²) in [5, 5.41) is 10.6. The second kappa shape index (κ2) is 3.52. The Labute approximate surface area is 89.4 Å². The average Bonchev–Trinajstić information content (AvgIpc) is 2.74. The lowest BCUT2D eigenvalue weighted by Gasteiger charge is -1.95. The summed E-state index contributed by atoms with van der Waals surface area (Å²) in [6, 6.07) is 5.83. The van der Waals surface area contributed by atoms with Gasteiger partial charge in [-0.3, -0.25) is 4.79 Å². The highest BCUT2D eigenvalue weighted by molar-refractivity contribution is 7.27. The van der Waals surface area contributed by atoms with Gasteiger partial charge in [0, 0.05) is 9.40 Å². The molecule has 0 bridgehead atoms. The fourth-order valence-electron chi connectivity index (χ4n) is 1.16. The quantitative estimate of drug-likeness (QED) is 0.730. The molecular weight excluding hydrogens is 214 g/mol. The van der Waals surface area contributed by atoms with Gasteiger partial charge >= 0.3 is 0 Å². The molecule has 0 saturated carbocycles. The molecule has 4 heteroatoms. The Balaban J connectivity index is 2.41. The number of fused-ring (bicyclic) bond motifs is 1. The minimum Gasteiger partial charge on any atom is -0.292 e. The summed E-state index contributed by atoms with van der Waals surface area (Å²) in [5.41, 5.74) is 0. The standard InChI is InChI=1S/C10H7NOS2/c1-6(5-11)10(12)9-4-8-7(14-9)2-3-13-8/h2-4,6H,1H3. The zero-order chi connectivity index (χ0) is 10.1. The van der Waals surface area contributed by atoms with E-state index in [1.54, 1.807) is 18.3 Å². The number of hydrogen-bond acceptors (Lipinski definition) is 4. The minimum atomic E-state index is -0.539. The molecule has 14 heavy (non-hydrogen) atoms. The monoisotopic (exact) mass is 221 g/mol. The highest BCUT2D eigenvalue weighted by Gasteiger charge is 2.17. The second-order valence-corrected chi connectivity index (χ2v) is 5.01. The van der Waals surface area contributed by atoms with Crippen LogP contribution in [0.4, 0.5) is 0 Å². The van der Waals surface area contributed by atoms with E-state index in [4.69, 9.17) is 5.26 Å². The Morgan fingerprint density at radius 2 is 2.36 bits per heavy atom. The molecule has 1 atom stereocenters. The molecule has 2 aromatic rings. The molecule has 0 spiro atoms. The van der Waals surface area contributed by atoms with E-state index in [9.17, 15) is 4.79 Å². The summed E-state index contributed by atoms with van der Waals surface area (Å²) < 4.78 is 2.26. The highest BCUT2D eigenvalue weighted by Crippen LogP contribution is 2.31. The van der Waals surface area contributed by atoms with Gasteiger partial charge in [-0.2, -0.15) is 5.26 Å². The lowest BCUT2D eigenvalue weighted by atomic mass is 10.1. The van der Waals surface area contributed by atoms with Crippen molar-refractivity contribution in [1.82, 2.24) is 0 Å². The molecule has 1 unspecified atom stereocenters. The summed E-state index contributed by atoms with van der Waals surface area (Å²) in [6.45, 7) is 1.64. The average molecular weight is 221 g/mol. The number of carbonyl (C=O) groups excluding carboxylic acids is 1. The topological polar surface area (TPSA) is 40.9 Å². The first-order valence-electron chi connectivity index (χ1n) is 4.13. The molecule has 70 valence electrons. The van der Waals surface area contributed by atoms with Gasteiger partial charge in [0.05, 0.1) is 10.9 Å².